The molecule has 0 radical (unpaired) electrons. The van der Waals surface area contributed by atoms with Gasteiger partial charge in [-0.25, -0.2) is 8.42 Å². The van der Waals surface area contributed by atoms with Crippen LogP contribution >= 0.6 is 0 Å². The highest BCUT2D eigenvalue weighted by Crippen LogP contribution is 2.27. The molecule has 1 saturated heterocycles. The van der Waals surface area contributed by atoms with Gasteiger partial charge in [-0.05, 0) is 24.3 Å². The van der Waals surface area contributed by atoms with Crippen molar-refractivity contribution in [3.05, 3.63) is 63.7 Å². The highest BCUT2D eigenvalue weighted by atomic mass is 32.2. The van der Waals surface area contributed by atoms with Crippen molar-refractivity contribution in [2.75, 3.05) is 38.2 Å². The average Bonchev–Trinajstić information content (AvgIpc) is 3.04. The largest absolute Gasteiger partial charge is 0.379 e. The molecule has 0 aliphatic carbocycles. The van der Waals surface area contributed by atoms with Crippen LogP contribution in [0.4, 0.5) is 11.4 Å². The van der Waals surface area contributed by atoms with E-state index in [4.69, 9.17) is 4.74 Å². The van der Waals surface area contributed by atoms with Gasteiger partial charge in [-0.1, -0.05) is 6.07 Å². The Morgan fingerprint density at radius 1 is 1.06 bits per heavy atom. The first-order valence-electron chi connectivity index (χ1n) is 9.81. The van der Waals surface area contributed by atoms with E-state index in [1.54, 1.807) is 0 Å². The zero-order chi connectivity index (χ0) is 23.8. The number of nitrogens with one attached hydrogen (secondary N) is 1. The van der Waals surface area contributed by atoms with Gasteiger partial charge in [0, 0.05) is 30.9 Å². The lowest BCUT2D eigenvalue weighted by Gasteiger charge is -2.26. The van der Waals surface area contributed by atoms with E-state index in [0.29, 0.717) is 18.1 Å². The molecule has 0 spiro atoms. The van der Waals surface area contributed by atoms with Crippen LogP contribution in [0.2, 0.25) is 0 Å². The third-order valence-electron chi connectivity index (χ3n) is 5.19. The molecule has 2 aliphatic heterocycles. The second-order valence-corrected chi connectivity index (χ2v) is 9.21. The Morgan fingerprint density at radius 2 is 1.76 bits per heavy atom. The first-order chi connectivity index (χ1) is 15.7. The van der Waals surface area contributed by atoms with Crippen LogP contribution < -0.4 is 5.32 Å². The second-order valence-electron chi connectivity index (χ2n) is 7.28. The molecule has 0 saturated carbocycles. The molecular formula is C20H18N4O8S. The molecule has 1 N–H and O–H groups in total. The van der Waals surface area contributed by atoms with E-state index < -0.39 is 39.2 Å². The van der Waals surface area contributed by atoms with Gasteiger partial charge in [0.05, 0.1) is 34.2 Å². The molecule has 4 rings (SSSR count). The van der Waals surface area contributed by atoms with Gasteiger partial charge in [0.1, 0.15) is 6.54 Å². The average molecular weight is 474 g/mol. The molecule has 0 bridgehead atoms. The SMILES string of the molecule is O=C(CN1C(=O)c2ccc([N+](=O)[O-])cc2C1=O)Nc1cccc(S(=O)(=O)N2CCOCC2)c1. The molecule has 3 amide bonds. The number of carbonyl (C=O) groups is 3. The Labute approximate surface area is 187 Å². The van der Waals surface area contributed by atoms with Gasteiger partial charge >= 0.3 is 0 Å². The van der Waals surface area contributed by atoms with Crippen molar-refractivity contribution < 1.29 is 32.5 Å². The van der Waals surface area contributed by atoms with Crippen molar-refractivity contribution in [1.29, 1.82) is 0 Å². The van der Waals surface area contributed by atoms with Crippen molar-refractivity contribution in [2.24, 2.45) is 0 Å². The summed E-state index contributed by atoms with van der Waals surface area (Å²) in [4.78, 5) is 48.4. The van der Waals surface area contributed by atoms with Gasteiger partial charge in [0.15, 0.2) is 0 Å². The summed E-state index contributed by atoms with van der Waals surface area (Å²) in [5, 5.41) is 13.4. The zero-order valence-corrected chi connectivity index (χ0v) is 17.9. The van der Waals surface area contributed by atoms with Crippen molar-refractivity contribution in [3.8, 4) is 0 Å². The molecule has 2 aromatic carbocycles. The number of morpholine rings is 1. The summed E-state index contributed by atoms with van der Waals surface area (Å²) in [6, 6.07) is 8.89. The topological polar surface area (TPSA) is 156 Å². The Kier molecular flexibility index (Phi) is 5.93. The molecule has 12 nitrogen and oxygen atoms in total. The van der Waals surface area contributed by atoms with Crippen molar-refractivity contribution in [3.63, 3.8) is 0 Å². The highest BCUT2D eigenvalue weighted by Gasteiger charge is 2.38. The lowest BCUT2D eigenvalue weighted by molar-refractivity contribution is -0.384. The standard InChI is InChI=1S/C20H18N4O8S/c25-18(12-23-19(26)16-5-4-14(24(28)29)11-17(16)20(23)27)21-13-2-1-3-15(10-13)33(30,31)22-6-8-32-9-7-22/h1-5,10-11H,6-9,12H2,(H,21,25). The molecule has 0 unspecified atom stereocenters. The van der Waals surface area contributed by atoms with Gasteiger partial charge < -0.3 is 10.1 Å². The summed E-state index contributed by atoms with van der Waals surface area (Å²) in [6.45, 7) is 0.381. The molecule has 2 aromatic rings. The molecular weight excluding hydrogens is 456 g/mol. The maximum Gasteiger partial charge on any atom is 0.270 e. The predicted molar refractivity (Wildman–Crippen MR) is 113 cm³/mol. The van der Waals surface area contributed by atoms with Crippen LogP contribution in [0.1, 0.15) is 20.7 Å². The quantitative estimate of drug-likeness (QED) is 0.367. The number of hydrogen-bond acceptors (Lipinski definition) is 8. The third-order valence-corrected chi connectivity index (χ3v) is 7.09. The Hall–Kier alpha value is -3.68. The smallest absolute Gasteiger partial charge is 0.270 e. The molecule has 13 heteroatoms. The number of sulfonamides is 1. The summed E-state index contributed by atoms with van der Waals surface area (Å²) in [5.74, 6) is -2.30. The highest BCUT2D eigenvalue weighted by molar-refractivity contribution is 7.89. The maximum atomic E-state index is 12.8. The predicted octanol–water partition coefficient (Wildman–Crippen LogP) is 0.850. The van der Waals surface area contributed by atoms with Crippen LogP contribution in [0, 0.1) is 10.1 Å². The van der Waals surface area contributed by atoms with Crippen LogP contribution in [0.25, 0.3) is 0 Å². The normalized spacial score (nSPS) is 16.5. The number of hydrogen-bond donors (Lipinski definition) is 1. The minimum atomic E-state index is -3.78. The molecule has 33 heavy (non-hydrogen) atoms. The van der Waals surface area contributed by atoms with Crippen LogP contribution in [0.5, 0.6) is 0 Å². The number of amides is 3. The van der Waals surface area contributed by atoms with Crippen molar-refractivity contribution in [2.45, 2.75) is 4.90 Å². The van der Waals surface area contributed by atoms with Crippen LogP contribution in [0.3, 0.4) is 0 Å². The Morgan fingerprint density at radius 3 is 2.45 bits per heavy atom. The monoisotopic (exact) mass is 474 g/mol. The van der Waals surface area contributed by atoms with E-state index in [0.717, 1.165) is 12.1 Å². The second kappa shape index (κ2) is 8.69. The first-order valence-corrected chi connectivity index (χ1v) is 11.2. The Bertz CT molecular complexity index is 1270. The van der Waals surface area contributed by atoms with Gasteiger partial charge in [-0.2, -0.15) is 4.31 Å². The number of benzene rings is 2. The molecule has 172 valence electrons. The maximum absolute atomic E-state index is 12.8. The number of nitro groups is 1. The molecule has 2 aliphatic rings. The number of imide groups is 1. The van der Waals surface area contributed by atoms with E-state index in [1.165, 1.54) is 34.6 Å². The van der Waals surface area contributed by atoms with Crippen LogP contribution in [-0.4, -0.2) is 73.1 Å². The van der Waals surface area contributed by atoms with E-state index in [-0.39, 0.29) is 40.5 Å². The minimum Gasteiger partial charge on any atom is -0.379 e. The minimum absolute atomic E-state index is 0.0183. The van der Waals surface area contributed by atoms with Gasteiger partial charge in [0.25, 0.3) is 17.5 Å². The summed E-state index contributed by atoms with van der Waals surface area (Å²) in [5.41, 5.74) is -0.362. The van der Waals surface area contributed by atoms with E-state index >= 15 is 0 Å². The fraction of sp³-hybridized carbons (Fsp3) is 0.250. The van der Waals surface area contributed by atoms with Crippen LogP contribution in [-0.2, 0) is 19.6 Å². The molecule has 0 atom stereocenters. The third kappa shape index (κ3) is 4.33. The Balaban J connectivity index is 1.47. The first kappa shape index (κ1) is 22.5. The van der Waals surface area contributed by atoms with E-state index in [9.17, 15) is 32.9 Å². The molecule has 1 fully saturated rings. The number of fused-ring (bicyclic) bond motifs is 1. The van der Waals surface area contributed by atoms with Crippen molar-refractivity contribution in [1.82, 2.24) is 9.21 Å². The lowest BCUT2D eigenvalue weighted by Crippen LogP contribution is -2.40. The van der Waals surface area contributed by atoms with Gasteiger partial charge in [0.2, 0.25) is 15.9 Å². The molecule has 0 aromatic heterocycles. The summed E-state index contributed by atoms with van der Waals surface area (Å²) in [6.07, 6.45) is 0. The molecule has 2 heterocycles. The van der Waals surface area contributed by atoms with Gasteiger partial charge in [-0.3, -0.25) is 29.4 Å². The zero-order valence-electron chi connectivity index (χ0n) is 17.1. The summed E-state index contributed by atoms with van der Waals surface area (Å²) in [7, 11) is -3.78. The fourth-order valence-corrected chi connectivity index (χ4v) is 5.00. The van der Waals surface area contributed by atoms with Crippen LogP contribution in [0.15, 0.2) is 47.4 Å². The number of nitrogens with zero attached hydrogens (tertiary/aromatic N) is 3. The fourth-order valence-electron chi connectivity index (χ4n) is 3.55. The van der Waals surface area contributed by atoms with E-state index in [1.807, 2.05) is 0 Å². The van der Waals surface area contributed by atoms with E-state index in [2.05, 4.69) is 5.32 Å². The van der Waals surface area contributed by atoms with Crippen molar-refractivity contribution >= 4 is 39.1 Å². The summed E-state index contributed by atoms with van der Waals surface area (Å²) < 4.78 is 32.1. The number of rotatable bonds is 6. The lowest BCUT2D eigenvalue weighted by atomic mass is 10.1. The number of non-ortho nitro benzene ring substituents is 1. The number of nitro benzene ring substituents is 1. The number of anilines is 1. The van der Waals surface area contributed by atoms with Gasteiger partial charge in [-0.15, -0.1) is 0 Å². The number of carbonyl (C=O) groups excluding carboxylic acids is 3. The number of ether oxygens (including phenoxy) is 1. The summed E-state index contributed by atoms with van der Waals surface area (Å²) >= 11 is 0.